The minimum atomic E-state index is -1.07. The van der Waals surface area contributed by atoms with Crippen molar-refractivity contribution in [3.05, 3.63) is 28.2 Å². The van der Waals surface area contributed by atoms with Crippen molar-refractivity contribution in [3.63, 3.8) is 0 Å². The Balaban J connectivity index is 1.97. The van der Waals surface area contributed by atoms with Crippen molar-refractivity contribution >= 4 is 27.6 Å². The number of halogens is 3. The Kier molecular flexibility index (Phi) is 4.83. The van der Waals surface area contributed by atoms with E-state index in [0.29, 0.717) is 25.7 Å². The van der Waals surface area contributed by atoms with Crippen molar-refractivity contribution in [2.45, 2.75) is 31.3 Å². The first-order valence-electron chi connectivity index (χ1n) is 6.64. The lowest BCUT2D eigenvalue weighted by Gasteiger charge is -2.35. The number of hydrogen-bond acceptors (Lipinski definition) is 3. The number of benzene rings is 1. The van der Waals surface area contributed by atoms with Crippen molar-refractivity contribution < 1.29 is 23.8 Å². The van der Waals surface area contributed by atoms with Crippen LogP contribution in [-0.2, 0) is 4.79 Å². The number of carbonyl (C=O) groups is 1. The van der Waals surface area contributed by atoms with Gasteiger partial charge in [0.05, 0.1) is 21.7 Å². The number of hydrogen-bond donors (Lipinski definition) is 3. The molecule has 0 aliphatic heterocycles. The predicted molar refractivity (Wildman–Crippen MR) is 77.1 cm³/mol. The molecule has 21 heavy (non-hydrogen) atoms. The topological polar surface area (TPSA) is 69.6 Å². The number of rotatable bonds is 4. The van der Waals surface area contributed by atoms with Crippen LogP contribution in [0.3, 0.4) is 0 Å². The maximum absolute atomic E-state index is 13.6. The van der Waals surface area contributed by atoms with Crippen LogP contribution in [0.15, 0.2) is 16.6 Å². The van der Waals surface area contributed by atoms with Gasteiger partial charge in [0.2, 0.25) is 0 Å². The fraction of sp³-hybridized carbons (Fsp3) is 0.500. The normalized spacial score (nSPS) is 25.6. The van der Waals surface area contributed by atoms with E-state index in [2.05, 4.69) is 21.2 Å². The standard InChI is InChI=1S/C14H16BrF2NO3/c15-9-5-12(11(17)6-10(9)16)18-7-14(21)3-1-8(2-4-14)13(19)20/h5-6,8,18,21H,1-4,7H2,(H,19,20). The summed E-state index contributed by atoms with van der Waals surface area (Å²) in [5.41, 5.74) is -0.976. The molecule has 2 rings (SSSR count). The summed E-state index contributed by atoms with van der Waals surface area (Å²) in [5.74, 6) is -2.71. The highest BCUT2D eigenvalue weighted by atomic mass is 79.9. The van der Waals surface area contributed by atoms with Crippen molar-refractivity contribution in [2.75, 3.05) is 11.9 Å². The minimum Gasteiger partial charge on any atom is -0.481 e. The van der Waals surface area contributed by atoms with E-state index in [1.165, 1.54) is 6.07 Å². The molecule has 1 aromatic rings. The molecule has 0 spiro atoms. The van der Waals surface area contributed by atoms with E-state index in [9.17, 15) is 18.7 Å². The van der Waals surface area contributed by atoms with Crippen molar-refractivity contribution in [1.29, 1.82) is 0 Å². The minimum absolute atomic E-state index is 0.0916. The van der Waals surface area contributed by atoms with Gasteiger partial charge in [-0.1, -0.05) is 0 Å². The average Bonchev–Trinajstić information content (AvgIpc) is 2.42. The van der Waals surface area contributed by atoms with Gasteiger partial charge in [-0.3, -0.25) is 4.79 Å². The molecule has 0 atom stereocenters. The van der Waals surface area contributed by atoms with Gasteiger partial charge in [0.1, 0.15) is 11.6 Å². The van der Waals surface area contributed by atoms with Crippen LogP contribution in [0.5, 0.6) is 0 Å². The third-order valence-electron chi connectivity index (χ3n) is 3.88. The zero-order valence-corrected chi connectivity index (χ0v) is 12.8. The van der Waals surface area contributed by atoms with Gasteiger partial charge in [0.25, 0.3) is 0 Å². The van der Waals surface area contributed by atoms with Gasteiger partial charge in [-0.05, 0) is 47.7 Å². The molecular weight excluding hydrogens is 348 g/mol. The van der Waals surface area contributed by atoms with Crippen molar-refractivity contribution in [2.24, 2.45) is 5.92 Å². The second-order valence-electron chi connectivity index (χ2n) is 5.44. The Morgan fingerprint density at radius 1 is 1.33 bits per heavy atom. The van der Waals surface area contributed by atoms with Crippen molar-refractivity contribution in [3.8, 4) is 0 Å². The molecule has 0 heterocycles. The molecule has 0 saturated heterocycles. The Labute approximate surface area is 129 Å². The first-order chi connectivity index (χ1) is 9.81. The molecule has 1 saturated carbocycles. The third kappa shape index (κ3) is 3.91. The first kappa shape index (κ1) is 16.2. The Bertz CT molecular complexity index is 545. The second kappa shape index (κ2) is 6.27. The van der Waals surface area contributed by atoms with Crippen LogP contribution in [0.25, 0.3) is 0 Å². The smallest absolute Gasteiger partial charge is 0.306 e. The highest BCUT2D eigenvalue weighted by molar-refractivity contribution is 9.10. The molecule has 4 nitrogen and oxygen atoms in total. The molecule has 1 fully saturated rings. The lowest BCUT2D eigenvalue weighted by Crippen LogP contribution is -2.42. The van der Waals surface area contributed by atoms with Crippen molar-refractivity contribution in [1.82, 2.24) is 0 Å². The molecule has 116 valence electrons. The number of carboxylic acids is 1. The molecule has 1 aliphatic rings. The summed E-state index contributed by atoms with van der Waals surface area (Å²) in [6.07, 6.45) is 1.45. The summed E-state index contributed by atoms with van der Waals surface area (Å²) in [7, 11) is 0. The molecule has 0 aromatic heterocycles. The summed E-state index contributed by atoms with van der Waals surface area (Å²) >= 11 is 2.97. The van der Waals surface area contributed by atoms with Crippen LogP contribution in [0.4, 0.5) is 14.5 Å². The zero-order valence-electron chi connectivity index (χ0n) is 11.2. The van der Waals surface area contributed by atoms with E-state index < -0.39 is 29.1 Å². The van der Waals surface area contributed by atoms with Gasteiger partial charge >= 0.3 is 5.97 Å². The van der Waals surface area contributed by atoms with Crippen LogP contribution in [0.2, 0.25) is 0 Å². The molecule has 3 N–H and O–H groups in total. The number of aliphatic hydroxyl groups is 1. The summed E-state index contributed by atoms with van der Waals surface area (Å²) in [6, 6.07) is 2.04. The maximum Gasteiger partial charge on any atom is 0.306 e. The lowest BCUT2D eigenvalue weighted by atomic mass is 9.79. The van der Waals surface area contributed by atoms with E-state index in [0.717, 1.165) is 6.07 Å². The molecule has 0 amide bonds. The van der Waals surface area contributed by atoms with E-state index >= 15 is 0 Å². The van der Waals surface area contributed by atoms with Gasteiger partial charge in [0, 0.05) is 12.6 Å². The first-order valence-corrected chi connectivity index (χ1v) is 7.44. The monoisotopic (exact) mass is 363 g/mol. The Morgan fingerprint density at radius 3 is 2.52 bits per heavy atom. The van der Waals surface area contributed by atoms with Gasteiger partial charge in [0.15, 0.2) is 0 Å². The van der Waals surface area contributed by atoms with Crippen LogP contribution in [0, 0.1) is 17.6 Å². The highest BCUT2D eigenvalue weighted by Gasteiger charge is 2.35. The molecular formula is C14H16BrF2NO3. The van der Waals surface area contributed by atoms with Gasteiger partial charge in [-0.2, -0.15) is 0 Å². The number of anilines is 1. The fourth-order valence-electron chi connectivity index (χ4n) is 2.50. The van der Waals surface area contributed by atoms with Crippen LogP contribution in [0.1, 0.15) is 25.7 Å². The molecule has 7 heteroatoms. The molecule has 0 unspecified atom stereocenters. The maximum atomic E-state index is 13.6. The largest absolute Gasteiger partial charge is 0.481 e. The van der Waals surface area contributed by atoms with Gasteiger partial charge in [-0.15, -0.1) is 0 Å². The lowest BCUT2D eigenvalue weighted by molar-refractivity contribution is -0.144. The predicted octanol–water partition coefficient (Wildman–Crippen LogP) is 3.15. The summed E-state index contributed by atoms with van der Waals surface area (Å²) in [4.78, 5) is 10.9. The zero-order chi connectivity index (χ0) is 15.6. The summed E-state index contributed by atoms with van der Waals surface area (Å²) in [5, 5.41) is 22.1. The fourth-order valence-corrected chi connectivity index (χ4v) is 2.84. The SMILES string of the molecule is O=C(O)C1CCC(O)(CNc2cc(Br)c(F)cc2F)CC1. The van der Waals surface area contributed by atoms with E-state index in [1.807, 2.05) is 0 Å². The van der Waals surface area contributed by atoms with E-state index in [4.69, 9.17) is 5.11 Å². The molecule has 1 aliphatic carbocycles. The highest BCUT2D eigenvalue weighted by Crippen LogP contribution is 2.33. The quantitative estimate of drug-likeness (QED) is 0.718. The van der Waals surface area contributed by atoms with Gasteiger partial charge in [-0.25, -0.2) is 8.78 Å². The van der Waals surface area contributed by atoms with Crippen LogP contribution < -0.4 is 5.32 Å². The number of carboxylic acid groups (broad SMARTS) is 1. The average molecular weight is 364 g/mol. The number of nitrogens with one attached hydrogen (secondary N) is 1. The third-order valence-corrected chi connectivity index (χ3v) is 4.49. The summed E-state index contributed by atoms with van der Waals surface area (Å²) < 4.78 is 26.9. The van der Waals surface area contributed by atoms with E-state index in [1.54, 1.807) is 0 Å². The molecule has 0 radical (unpaired) electrons. The number of aliphatic carboxylic acids is 1. The van der Waals surface area contributed by atoms with Gasteiger partial charge < -0.3 is 15.5 Å². The summed E-state index contributed by atoms with van der Waals surface area (Å²) in [6.45, 7) is 0.0916. The Morgan fingerprint density at radius 2 is 1.95 bits per heavy atom. The molecule has 1 aromatic carbocycles. The van der Waals surface area contributed by atoms with Crippen LogP contribution >= 0.6 is 15.9 Å². The van der Waals surface area contributed by atoms with E-state index in [-0.39, 0.29) is 16.7 Å². The molecule has 0 bridgehead atoms. The second-order valence-corrected chi connectivity index (χ2v) is 6.29. The Hall–Kier alpha value is -1.21. The van der Waals surface area contributed by atoms with Crippen LogP contribution in [-0.4, -0.2) is 28.3 Å².